The SMILES string of the molecule is C[C@H](O)c1ccc(F)cc1OCc1cccc([N+](=O)[O-])c1. The van der Waals surface area contributed by atoms with E-state index >= 15 is 0 Å². The summed E-state index contributed by atoms with van der Waals surface area (Å²) in [4.78, 5) is 10.2. The first-order valence-electron chi connectivity index (χ1n) is 6.31. The van der Waals surface area contributed by atoms with Crippen molar-refractivity contribution in [1.82, 2.24) is 0 Å². The molecule has 5 nitrogen and oxygen atoms in total. The van der Waals surface area contributed by atoms with E-state index in [0.717, 1.165) is 0 Å². The van der Waals surface area contributed by atoms with Crippen LogP contribution in [0.1, 0.15) is 24.2 Å². The maximum absolute atomic E-state index is 13.3. The molecule has 0 saturated carbocycles. The Morgan fingerprint density at radius 2 is 2.10 bits per heavy atom. The van der Waals surface area contributed by atoms with E-state index in [1.54, 1.807) is 19.1 Å². The quantitative estimate of drug-likeness (QED) is 0.677. The van der Waals surface area contributed by atoms with Gasteiger partial charge in [-0.15, -0.1) is 0 Å². The Kier molecular flexibility index (Phi) is 4.49. The molecule has 0 unspecified atom stereocenters. The largest absolute Gasteiger partial charge is 0.488 e. The van der Waals surface area contributed by atoms with Crippen LogP contribution in [-0.2, 0) is 6.61 Å². The van der Waals surface area contributed by atoms with Crippen LogP contribution in [-0.4, -0.2) is 10.0 Å². The second kappa shape index (κ2) is 6.32. The van der Waals surface area contributed by atoms with Crippen LogP contribution >= 0.6 is 0 Å². The highest BCUT2D eigenvalue weighted by atomic mass is 19.1. The number of aliphatic hydroxyl groups excluding tert-OH is 1. The molecule has 0 bridgehead atoms. The minimum absolute atomic E-state index is 0.0360. The van der Waals surface area contributed by atoms with E-state index in [0.29, 0.717) is 11.1 Å². The summed E-state index contributed by atoms with van der Waals surface area (Å²) in [5.41, 5.74) is 1.01. The number of non-ortho nitro benzene ring substituents is 1. The van der Waals surface area contributed by atoms with E-state index in [1.165, 1.54) is 30.3 Å². The molecule has 0 fully saturated rings. The molecule has 6 heteroatoms. The predicted molar refractivity (Wildman–Crippen MR) is 74.5 cm³/mol. The number of nitro groups is 1. The molecule has 1 atom stereocenters. The van der Waals surface area contributed by atoms with Crippen LogP contribution in [0.5, 0.6) is 5.75 Å². The molecule has 0 aliphatic rings. The molecule has 2 aromatic rings. The third-order valence-corrected chi connectivity index (χ3v) is 2.94. The Hall–Kier alpha value is -2.47. The maximum atomic E-state index is 13.3. The van der Waals surface area contributed by atoms with Crippen molar-refractivity contribution in [3.05, 3.63) is 69.5 Å². The van der Waals surface area contributed by atoms with Gasteiger partial charge in [0.2, 0.25) is 0 Å². The molecular formula is C15H14FNO4. The van der Waals surface area contributed by atoms with Crippen molar-refractivity contribution in [2.45, 2.75) is 19.6 Å². The highest BCUT2D eigenvalue weighted by molar-refractivity contribution is 5.37. The van der Waals surface area contributed by atoms with Crippen LogP contribution in [0.15, 0.2) is 42.5 Å². The molecule has 2 aromatic carbocycles. The monoisotopic (exact) mass is 291 g/mol. The molecular weight excluding hydrogens is 277 g/mol. The average Bonchev–Trinajstić information content (AvgIpc) is 2.45. The Bertz CT molecular complexity index is 658. The molecule has 21 heavy (non-hydrogen) atoms. The van der Waals surface area contributed by atoms with Gasteiger partial charge in [-0.05, 0) is 24.6 Å². The number of nitro benzene ring substituents is 1. The van der Waals surface area contributed by atoms with E-state index in [1.807, 2.05) is 0 Å². The van der Waals surface area contributed by atoms with Crippen LogP contribution < -0.4 is 4.74 Å². The second-order valence-electron chi connectivity index (χ2n) is 4.57. The van der Waals surface area contributed by atoms with E-state index < -0.39 is 16.8 Å². The van der Waals surface area contributed by atoms with Crippen molar-refractivity contribution in [3.63, 3.8) is 0 Å². The van der Waals surface area contributed by atoms with E-state index in [9.17, 15) is 19.6 Å². The third kappa shape index (κ3) is 3.76. The first-order valence-corrected chi connectivity index (χ1v) is 6.31. The van der Waals surface area contributed by atoms with E-state index in [2.05, 4.69) is 0 Å². The number of hydrogen-bond acceptors (Lipinski definition) is 4. The van der Waals surface area contributed by atoms with Gasteiger partial charge in [0.15, 0.2) is 0 Å². The molecule has 0 amide bonds. The summed E-state index contributed by atoms with van der Waals surface area (Å²) in [5, 5.41) is 20.3. The average molecular weight is 291 g/mol. The summed E-state index contributed by atoms with van der Waals surface area (Å²) in [6.07, 6.45) is -0.800. The summed E-state index contributed by atoms with van der Waals surface area (Å²) in [6.45, 7) is 1.60. The Balaban J connectivity index is 2.18. The highest BCUT2D eigenvalue weighted by Gasteiger charge is 2.11. The van der Waals surface area contributed by atoms with Gasteiger partial charge in [-0.3, -0.25) is 10.1 Å². The zero-order valence-corrected chi connectivity index (χ0v) is 11.3. The highest BCUT2D eigenvalue weighted by Crippen LogP contribution is 2.27. The normalized spacial score (nSPS) is 12.0. The van der Waals surface area contributed by atoms with Gasteiger partial charge in [0.1, 0.15) is 18.2 Å². The number of ether oxygens (including phenoxy) is 1. The summed E-state index contributed by atoms with van der Waals surface area (Å²) >= 11 is 0. The fourth-order valence-corrected chi connectivity index (χ4v) is 1.90. The maximum Gasteiger partial charge on any atom is 0.269 e. The number of benzene rings is 2. The number of hydrogen-bond donors (Lipinski definition) is 1. The summed E-state index contributed by atoms with van der Waals surface area (Å²) in [6, 6.07) is 9.87. The summed E-state index contributed by atoms with van der Waals surface area (Å²) in [7, 11) is 0. The lowest BCUT2D eigenvalue weighted by Crippen LogP contribution is -2.02. The lowest BCUT2D eigenvalue weighted by Gasteiger charge is -2.13. The fraction of sp³-hybridized carbons (Fsp3) is 0.200. The van der Waals surface area contributed by atoms with Crippen LogP contribution in [0.25, 0.3) is 0 Å². The molecule has 2 rings (SSSR count). The van der Waals surface area contributed by atoms with Gasteiger partial charge < -0.3 is 9.84 Å². The molecule has 0 aromatic heterocycles. The standard InChI is InChI=1S/C15H14FNO4/c1-10(18)14-6-5-12(16)8-15(14)21-9-11-3-2-4-13(7-11)17(19)20/h2-8,10,18H,9H2,1H3/t10-/m0/s1. The molecule has 0 spiro atoms. The van der Waals surface area contributed by atoms with Crippen molar-refractivity contribution in [2.75, 3.05) is 0 Å². The van der Waals surface area contributed by atoms with Crippen LogP contribution in [0.2, 0.25) is 0 Å². The van der Waals surface area contributed by atoms with Gasteiger partial charge in [0, 0.05) is 23.8 Å². The van der Waals surface area contributed by atoms with E-state index in [-0.39, 0.29) is 18.0 Å². The topological polar surface area (TPSA) is 72.6 Å². The first kappa shape index (κ1) is 14.9. The third-order valence-electron chi connectivity index (χ3n) is 2.94. The van der Waals surface area contributed by atoms with Crippen LogP contribution in [0, 0.1) is 15.9 Å². The van der Waals surface area contributed by atoms with Crippen LogP contribution in [0.4, 0.5) is 10.1 Å². The van der Waals surface area contributed by atoms with Gasteiger partial charge in [-0.2, -0.15) is 0 Å². The second-order valence-corrected chi connectivity index (χ2v) is 4.57. The molecule has 0 aliphatic carbocycles. The number of aliphatic hydroxyl groups is 1. The summed E-state index contributed by atoms with van der Waals surface area (Å²) in [5.74, 6) is -0.259. The Morgan fingerprint density at radius 1 is 1.33 bits per heavy atom. The zero-order valence-electron chi connectivity index (χ0n) is 11.3. The number of rotatable bonds is 5. The zero-order chi connectivity index (χ0) is 15.4. The Morgan fingerprint density at radius 3 is 2.76 bits per heavy atom. The molecule has 0 radical (unpaired) electrons. The van der Waals surface area contributed by atoms with Gasteiger partial charge in [-0.1, -0.05) is 12.1 Å². The van der Waals surface area contributed by atoms with E-state index in [4.69, 9.17) is 4.74 Å². The lowest BCUT2D eigenvalue weighted by atomic mass is 10.1. The summed E-state index contributed by atoms with van der Waals surface area (Å²) < 4.78 is 18.7. The lowest BCUT2D eigenvalue weighted by molar-refractivity contribution is -0.384. The molecule has 1 N–H and O–H groups in total. The molecule has 110 valence electrons. The van der Waals surface area contributed by atoms with Crippen molar-refractivity contribution < 1.29 is 19.2 Å². The fourth-order valence-electron chi connectivity index (χ4n) is 1.90. The van der Waals surface area contributed by atoms with Crippen molar-refractivity contribution >= 4 is 5.69 Å². The number of halogens is 1. The number of nitrogens with zero attached hydrogens (tertiary/aromatic N) is 1. The minimum atomic E-state index is -0.800. The first-order chi connectivity index (χ1) is 9.97. The van der Waals surface area contributed by atoms with Crippen molar-refractivity contribution in [1.29, 1.82) is 0 Å². The van der Waals surface area contributed by atoms with Gasteiger partial charge in [-0.25, -0.2) is 4.39 Å². The van der Waals surface area contributed by atoms with Crippen molar-refractivity contribution in [2.24, 2.45) is 0 Å². The van der Waals surface area contributed by atoms with Gasteiger partial charge in [0.25, 0.3) is 5.69 Å². The van der Waals surface area contributed by atoms with Crippen LogP contribution in [0.3, 0.4) is 0 Å². The molecule has 0 aliphatic heterocycles. The Labute approximate surface area is 120 Å². The van der Waals surface area contributed by atoms with Gasteiger partial charge in [0.05, 0.1) is 11.0 Å². The molecule has 0 saturated heterocycles. The minimum Gasteiger partial charge on any atom is -0.488 e. The molecule has 0 heterocycles. The smallest absolute Gasteiger partial charge is 0.269 e. The van der Waals surface area contributed by atoms with Gasteiger partial charge >= 0.3 is 0 Å². The predicted octanol–water partition coefficient (Wildman–Crippen LogP) is 3.37. The van der Waals surface area contributed by atoms with Crippen molar-refractivity contribution in [3.8, 4) is 5.75 Å².